The van der Waals surface area contributed by atoms with Crippen LogP contribution in [0.15, 0.2) is 0 Å². The van der Waals surface area contributed by atoms with Crippen molar-refractivity contribution in [2.75, 3.05) is 31.3 Å². The first-order valence-corrected chi connectivity index (χ1v) is 13.0. The minimum atomic E-state index is -4.59. The lowest BCUT2D eigenvalue weighted by molar-refractivity contribution is -0.260. The number of hydrogen-bond acceptors (Lipinski definition) is 16. The highest BCUT2D eigenvalue weighted by atomic mass is 31.2. The largest absolute Gasteiger partial charge is 0.452 e. The smallest absolute Gasteiger partial charge is 0.374 e. The molecule has 0 aliphatic carbocycles. The lowest BCUT2D eigenvalue weighted by Crippen LogP contribution is -2.44. The van der Waals surface area contributed by atoms with Crippen LogP contribution in [0.5, 0.6) is 0 Å². The maximum Gasteiger partial charge on any atom is 0.452 e. The second-order valence-corrected chi connectivity index (χ2v) is 9.21. The average molecular weight is 520 g/mol. The van der Waals surface area contributed by atoms with Crippen molar-refractivity contribution in [2.45, 2.75) is 54.0 Å². The molecule has 0 radical (unpaired) electrons. The second kappa shape index (κ2) is 14.3. The summed E-state index contributed by atoms with van der Waals surface area (Å²) in [6.07, 6.45) is -2.73. The Bertz CT molecular complexity index is 731. The topological polar surface area (TPSA) is 190 Å². The molecule has 0 fully saturated rings. The van der Waals surface area contributed by atoms with Crippen LogP contribution in [0.3, 0.4) is 0 Å². The van der Waals surface area contributed by atoms with E-state index in [-0.39, 0.29) is 26.4 Å². The Kier molecular flexibility index (Phi) is 13.0. The molecule has 0 saturated heterocycles. The Hall–Kier alpha value is -1.13. The lowest BCUT2D eigenvalue weighted by Gasteiger charge is -2.29. The van der Waals surface area contributed by atoms with E-state index in [1.165, 1.54) is 41.5 Å². The van der Waals surface area contributed by atoms with E-state index in [2.05, 4.69) is 15.0 Å². The van der Waals surface area contributed by atoms with Crippen LogP contribution >= 0.6 is 15.2 Å². The van der Waals surface area contributed by atoms with Crippen LogP contribution < -0.4 is 16.0 Å². The highest BCUT2D eigenvalue weighted by Gasteiger charge is 2.42. The molecular weight excluding hydrogens is 490 g/mol. The van der Waals surface area contributed by atoms with Gasteiger partial charge in [0.2, 0.25) is 5.95 Å². The van der Waals surface area contributed by atoms with Crippen LogP contribution in [0.1, 0.15) is 41.5 Å². The first-order chi connectivity index (χ1) is 15.6. The molecule has 1 aromatic heterocycles. The van der Waals surface area contributed by atoms with Crippen molar-refractivity contribution in [3.05, 3.63) is 0 Å². The van der Waals surface area contributed by atoms with Crippen LogP contribution in [0.25, 0.3) is 0 Å². The normalized spacial score (nSPS) is 14.3. The predicted molar refractivity (Wildman–Crippen MR) is 111 cm³/mol. The maximum absolute atomic E-state index is 13.3. The third-order valence-corrected chi connectivity index (χ3v) is 5.79. The molecule has 192 valence electrons. The van der Waals surface area contributed by atoms with Crippen LogP contribution in [0, 0.1) is 0 Å². The fourth-order valence-corrected chi connectivity index (χ4v) is 4.23. The number of anilines is 1. The molecule has 0 spiro atoms. The van der Waals surface area contributed by atoms with Crippen LogP contribution in [0.2, 0.25) is 0 Å². The highest BCUT2D eigenvalue weighted by molar-refractivity contribution is 7.62. The molecule has 33 heavy (non-hydrogen) atoms. The molecule has 1 aromatic rings. The quantitative estimate of drug-likeness (QED) is 0.127. The number of nitrogens with zero attached hydrogens (tertiary/aromatic N) is 4. The first kappa shape index (κ1) is 29.9. The van der Waals surface area contributed by atoms with E-state index in [1.54, 1.807) is 0 Å². The Balaban J connectivity index is 3.78. The molecule has 0 bridgehead atoms. The van der Waals surface area contributed by atoms with Crippen molar-refractivity contribution < 1.29 is 57.6 Å². The third kappa shape index (κ3) is 8.55. The SMILES string of the molecule is CCOOP(=O)(OOCC)c1nc(N(C(C)O)C(C)O)nc(P(=O)(OOCC)OOCC)n1. The molecule has 16 nitrogen and oxygen atoms in total. The van der Waals surface area contributed by atoms with Crippen molar-refractivity contribution in [3.63, 3.8) is 0 Å². The Labute approximate surface area is 190 Å². The lowest BCUT2D eigenvalue weighted by atomic mass is 10.4. The molecule has 0 saturated carbocycles. The molecule has 2 unspecified atom stereocenters. The molecule has 18 heteroatoms. The minimum absolute atomic E-state index is 0.0445. The van der Waals surface area contributed by atoms with E-state index in [4.69, 9.17) is 38.2 Å². The molecule has 0 amide bonds. The molecule has 0 aliphatic heterocycles. The van der Waals surface area contributed by atoms with Gasteiger partial charge in [0.15, 0.2) is 0 Å². The van der Waals surface area contributed by atoms with E-state index in [0.29, 0.717) is 0 Å². The summed E-state index contributed by atoms with van der Waals surface area (Å²) in [5.41, 5.74) is -1.53. The summed E-state index contributed by atoms with van der Waals surface area (Å²) >= 11 is 0. The summed E-state index contributed by atoms with van der Waals surface area (Å²) in [7, 11) is -9.18. The van der Waals surface area contributed by atoms with Crippen LogP contribution in [-0.2, 0) is 47.4 Å². The van der Waals surface area contributed by atoms with Gasteiger partial charge in [-0.3, -0.25) is 4.90 Å². The fraction of sp³-hybridized carbons (Fsp3) is 0.800. The minimum Gasteiger partial charge on any atom is -0.374 e. The summed E-state index contributed by atoms with van der Waals surface area (Å²) in [6.45, 7) is 8.56. The molecular formula is C15H30N4O12P2. The van der Waals surface area contributed by atoms with E-state index in [9.17, 15) is 19.3 Å². The average Bonchev–Trinajstić information content (AvgIpc) is 2.78. The summed E-state index contributed by atoms with van der Waals surface area (Å²) in [4.78, 5) is 31.5. The van der Waals surface area contributed by atoms with Gasteiger partial charge < -0.3 is 10.2 Å². The van der Waals surface area contributed by atoms with Gasteiger partial charge in [0.05, 0.1) is 26.4 Å². The number of aromatic nitrogens is 3. The number of hydrogen-bond donors (Lipinski definition) is 2. The van der Waals surface area contributed by atoms with Gasteiger partial charge in [0.25, 0.3) is 11.1 Å². The standard InChI is InChI=1S/C15H30N4O12P2/c1-7-24-28-32(22,29-25-8-2)14-16-13(19(11(5)20)12(6)21)17-15(18-14)33(23,30-26-9-3)31-27-10-4/h11-12,20-21H,7-10H2,1-6H3. The highest BCUT2D eigenvalue weighted by Crippen LogP contribution is 2.49. The van der Waals surface area contributed by atoms with E-state index < -0.39 is 44.7 Å². The van der Waals surface area contributed by atoms with Crippen LogP contribution in [-0.4, -0.2) is 64.0 Å². The zero-order valence-electron chi connectivity index (χ0n) is 19.1. The van der Waals surface area contributed by atoms with E-state index in [0.717, 1.165) is 4.90 Å². The van der Waals surface area contributed by atoms with Gasteiger partial charge in [-0.15, -0.1) is 18.7 Å². The van der Waals surface area contributed by atoms with Crippen molar-refractivity contribution in [1.29, 1.82) is 0 Å². The third-order valence-electron chi connectivity index (χ3n) is 3.20. The maximum atomic E-state index is 13.3. The molecule has 1 rings (SSSR count). The summed E-state index contributed by atoms with van der Waals surface area (Å²) in [5, 5.41) is 20.2. The number of aliphatic hydroxyl groups is 2. The van der Waals surface area contributed by atoms with Gasteiger partial charge in [0.1, 0.15) is 12.5 Å². The molecule has 0 aromatic carbocycles. The Morgan fingerprint density at radius 3 is 1.24 bits per heavy atom. The molecule has 2 atom stereocenters. The zero-order chi connectivity index (χ0) is 25.1. The van der Waals surface area contributed by atoms with Gasteiger partial charge in [-0.1, -0.05) is 0 Å². The van der Waals surface area contributed by atoms with Gasteiger partial charge in [-0.25, -0.2) is 28.7 Å². The van der Waals surface area contributed by atoms with Gasteiger partial charge in [-0.05, 0) is 41.5 Å². The Morgan fingerprint density at radius 2 is 1.00 bits per heavy atom. The van der Waals surface area contributed by atoms with Crippen molar-refractivity contribution in [3.8, 4) is 0 Å². The summed E-state index contributed by atoms with van der Waals surface area (Å²) < 4.78 is 46.0. The molecule has 2 N–H and O–H groups in total. The van der Waals surface area contributed by atoms with Gasteiger partial charge in [0, 0.05) is 0 Å². The molecule has 1 heterocycles. The zero-order valence-corrected chi connectivity index (χ0v) is 20.9. The Morgan fingerprint density at radius 1 is 0.697 bits per heavy atom. The van der Waals surface area contributed by atoms with Gasteiger partial charge >= 0.3 is 15.2 Å². The van der Waals surface area contributed by atoms with Crippen molar-refractivity contribution in [2.24, 2.45) is 0 Å². The molecule has 0 aliphatic rings. The van der Waals surface area contributed by atoms with Crippen LogP contribution in [0.4, 0.5) is 5.95 Å². The number of aliphatic hydroxyl groups excluding tert-OH is 2. The monoisotopic (exact) mass is 520 g/mol. The fourth-order valence-electron chi connectivity index (χ4n) is 2.00. The van der Waals surface area contributed by atoms with Crippen molar-refractivity contribution >= 4 is 32.3 Å². The second-order valence-electron chi connectivity index (χ2n) is 5.83. The van der Waals surface area contributed by atoms with Crippen molar-refractivity contribution in [1.82, 2.24) is 15.0 Å². The van der Waals surface area contributed by atoms with E-state index in [1.807, 2.05) is 0 Å². The van der Waals surface area contributed by atoms with E-state index >= 15 is 0 Å². The summed E-state index contributed by atoms with van der Waals surface area (Å²) in [5.74, 6) is -0.499. The summed E-state index contributed by atoms with van der Waals surface area (Å²) in [6, 6.07) is 0. The number of rotatable bonds is 17. The predicted octanol–water partition coefficient (Wildman–Crippen LogP) is 0.864. The first-order valence-electron chi connectivity index (χ1n) is 9.95. The van der Waals surface area contributed by atoms with Gasteiger partial charge in [-0.2, -0.15) is 15.0 Å².